The Labute approximate surface area is 161 Å². The fraction of sp³-hybridized carbons (Fsp3) is 0.350. The first kappa shape index (κ1) is 20.9. The van der Waals surface area contributed by atoms with E-state index >= 15 is 0 Å². The molecule has 0 saturated heterocycles. The molecule has 6 nitrogen and oxygen atoms in total. The molecule has 2 rings (SSSR count). The first-order valence-electron chi connectivity index (χ1n) is 8.82. The van der Waals surface area contributed by atoms with Crippen molar-refractivity contribution in [2.45, 2.75) is 38.1 Å². The average Bonchev–Trinajstić information content (AvgIpc) is 2.62. The van der Waals surface area contributed by atoms with Crippen LogP contribution in [0, 0.1) is 13.8 Å². The standard InChI is InChI=1S/C20H27N3O3S/c1-6-18(16-10-7-14(2)8-11-16)21-20(24)22-19-13-17(12-9-15(19)3)27(25,26)23(4)5/h7-13,18H,6H2,1-5H3,(H2,21,22,24)/t18-/m1/s1. The van der Waals surface area contributed by atoms with Gasteiger partial charge in [0.2, 0.25) is 10.0 Å². The zero-order valence-corrected chi connectivity index (χ0v) is 17.2. The molecule has 146 valence electrons. The minimum atomic E-state index is -3.57. The Balaban J connectivity index is 2.18. The van der Waals surface area contributed by atoms with Crippen LogP contribution in [0.4, 0.5) is 10.5 Å². The van der Waals surface area contributed by atoms with Gasteiger partial charge >= 0.3 is 6.03 Å². The normalized spacial score (nSPS) is 12.7. The summed E-state index contributed by atoms with van der Waals surface area (Å²) in [5.41, 5.74) is 3.44. The van der Waals surface area contributed by atoms with Crippen LogP contribution >= 0.6 is 0 Å². The van der Waals surface area contributed by atoms with Crippen molar-refractivity contribution in [3.05, 3.63) is 59.2 Å². The third-order valence-corrected chi connectivity index (χ3v) is 6.24. The summed E-state index contributed by atoms with van der Waals surface area (Å²) < 4.78 is 25.8. The van der Waals surface area contributed by atoms with Gasteiger partial charge in [-0.1, -0.05) is 42.8 Å². The van der Waals surface area contributed by atoms with Crippen LogP contribution < -0.4 is 10.6 Å². The molecule has 2 aromatic carbocycles. The van der Waals surface area contributed by atoms with E-state index in [4.69, 9.17) is 0 Å². The SMILES string of the molecule is CC[C@@H](NC(=O)Nc1cc(S(=O)(=O)N(C)C)ccc1C)c1ccc(C)cc1. The molecule has 27 heavy (non-hydrogen) atoms. The molecule has 0 aliphatic rings. The molecular weight excluding hydrogens is 362 g/mol. The second-order valence-corrected chi connectivity index (χ2v) is 8.89. The molecule has 2 N–H and O–H groups in total. The number of hydrogen-bond donors (Lipinski definition) is 2. The highest BCUT2D eigenvalue weighted by Crippen LogP contribution is 2.23. The van der Waals surface area contributed by atoms with Crippen LogP contribution in [0.5, 0.6) is 0 Å². The molecule has 2 amide bonds. The summed E-state index contributed by atoms with van der Waals surface area (Å²) in [5.74, 6) is 0. The van der Waals surface area contributed by atoms with Gasteiger partial charge in [0.05, 0.1) is 10.9 Å². The number of urea groups is 1. The second kappa shape index (κ2) is 8.54. The van der Waals surface area contributed by atoms with E-state index in [0.29, 0.717) is 5.69 Å². The van der Waals surface area contributed by atoms with Crippen LogP contribution in [0.2, 0.25) is 0 Å². The van der Waals surface area contributed by atoms with Crippen molar-refractivity contribution in [1.29, 1.82) is 0 Å². The largest absolute Gasteiger partial charge is 0.331 e. The van der Waals surface area contributed by atoms with E-state index < -0.39 is 10.0 Å². The van der Waals surface area contributed by atoms with Crippen molar-refractivity contribution in [2.24, 2.45) is 0 Å². The van der Waals surface area contributed by atoms with Crippen molar-refractivity contribution in [3.63, 3.8) is 0 Å². The Morgan fingerprint density at radius 2 is 1.70 bits per heavy atom. The first-order chi connectivity index (χ1) is 12.6. The predicted octanol–water partition coefficient (Wildman–Crippen LogP) is 3.83. The van der Waals surface area contributed by atoms with E-state index in [1.165, 1.54) is 26.2 Å². The van der Waals surface area contributed by atoms with Crippen molar-refractivity contribution in [2.75, 3.05) is 19.4 Å². The molecular formula is C20H27N3O3S. The van der Waals surface area contributed by atoms with E-state index in [1.54, 1.807) is 6.07 Å². The fourth-order valence-corrected chi connectivity index (χ4v) is 3.57. The Hall–Kier alpha value is -2.38. The second-order valence-electron chi connectivity index (χ2n) is 6.73. The molecule has 2 aromatic rings. The third kappa shape index (κ3) is 5.08. The maximum atomic E-state index is 12.5. The summed E-state index contributed by atoms with van der Waals surface area (Å²) >= 11 is 0. The van der Waals surface area contributed by atoms with E-state index in [9.17, 15) is 13.2 Å². The zero-order valence-electron chi connectivity index (χ0n) is 16.4. The van der Waals surface area contributed by atoms with Gasteiger partial charge in [-0.2, -0.15) is 0 Å². The number of rotatable bonds is 6. The average molecular weight is 390 g/mol. The van der Waals surface area contributed by atoms with Crippen LogP contribution in [0.15, 0.2) is 47.4 Å². The van der Waals surface area contributed by atoms with Crippen LogP contribution in [0.3, 0.4) is 0 Å². The van der Waals surface area contributed by atoms with E-state index in [0.717, 1.165) is 27.4 Å². The Bertz CT molecular complexity index is 907. The van der Waals surface area contributed by atoms with Gasteiger partial charge in [-0.3, -0.25) is 0 Å². The van der Waals surface area contributed by atoms with Gasteiger partial charge in [0.25, 0.3) is 0 Å². The van der Waals surface area contributed by atoms with Gasteiger partial charge in [-0.05, 0) is 43.5 Å². The third-order valence-electron chi connectivity index (χ3n) is 4.43. The Morgan fingerprint density at radius 1 is 1.07 bits per heavy atom. The molecule has 0 radical (unpaired) electrons. The summed E-state index contributed by atoms with van der Waals surface area (Å²) in [6, 6.07) is 12.2. The number of nitrogens with one attached hydrogen (secondary N) is 2. The molecule has 0 fully saturated rings. The highest BCUT2D eigenvalue weighted by atomic mass is 32.2. The number of sulfonamides is 1. The lowest BCUT2D eigenvalue weighted by Gasteiger charge is -2.19. The number of anilines is 1. The molecule has 0 spiro atoms. The zero-order chi connectivity index (χ0) is 20.2. The molecule has 0 bridgehead atoms. The quantitative estimate of drug-likeness (QED) is 0.788. The van der Waals surface area contributed by atoms with Crippen molar-refractivity contribution in [3.8, 4) is 0 Å². The Morgan fingerprint density at radius 3 is 2.26 bits per heavy atom. The van der Waals surface area contributed by atoms with Gasteiger partial charge in [0, 0.05) is 19.8 Å². The highest BCUT2D eigenvalue weighted by Gasteiger charge is 2.19. The van der Waals surface area contributed by atoms with Crippen LogP contribution in [-0.4, -0.2) is 32.8 Å². The van der Waals surface area contributed by atoms with Crippen LogP contribution in [0.25, 0.3) is 0 Å². The van der Waals surface area contributed by atoms with Crippen molar-refractivity contribution >= 4 is 21.7 Å². The summed E-state index contributed by atoms with van der Waals surface area (Å²) in [4.78, 5) is 12.6. The first-order valence-corrected chi connectivity index (χ1v) is 10.3. The lowest BCUT2D eigenvalue weighted by Crippen LogP contribution is -2.32. The Kier molecular flexibility index (Phi) is 6.62. The summed E-state index contributed by atoms with van der Waals surface area (Å²) in [5, 5.41) is 5.72. The fourth-order valence-electron chi connectivity index (χ4n) is 2.64. The number of nitrogens with zero attached hydrogens (tertiary/aromatic N) is 1. The monoisotopic (exact) mass is 389 g/mol. The molecule has 7 heteroatoms. The van der Waals surface area contributed by atoms with Gasteiger partial charge in [-0.15, -0.1) is 0 Å². The van der Waals surface area contributed by atoms with Crippen LogP contribution in [-0.2, 0) is 10.0 Å². The molecule has 0 heterocycles. The minimum Gasteiger partial charge on any atom is -0.331 e. The number of benzene rings is 2. The number of carbonyl (C=O) groups is 1. The number of amides is 2. The molecule has 1 atom stereocenters. The van der Waals surface area contributed by atoms with E-state index in [2.05, 4.69) is 10.6 Å². The lowest BCUT2D eigenvalue weighted by atomic mass is 10.0. The number of aryl methyl sites for hydroxylation is 2. The molecule has 0 saturated carbocycles. The molecule has 0 aromatic heterocycles. The lowest BCUT2D eigenvalue weighted by molar-refractivity contribution is 0.248. The smallest absolute Gasteiger partial charge is 0.319 e. The summed E-state index contributed by atoms with van der Waals surface area (Å²) in [7, 11) is -0.616. The van der Waals surface area contributed by atoms with Gasteiger partial charge in [-0.25, -0.2) is 17.5 Å². The molecule has 0 aliphatic carbocycles. The van der Waals surface area contributed by atoms with E-state index in [-0.39, 0.29) is 17.0 Å². The maximum Gasteiger partial charge on any atom is 0.319 e. The van der Waals surface area contributed by atoms with Gasteiger partial charge in [0.1, 0.15) is 0 Å². The van der Waals surface area contributed by atoms with Crippen molar-refractivity contribution < 1.29 is 13.2 Å². The minimum absolute atomic E-state index is 0.125. The number of hydrogen-bond acceptors (Lipinski definition) is 3. The van der Waals surface area contributed by atoms with Gasteiger partial charge < -0.3 is 10.6 Å². The predicted molar refractivity (Wildman–Crippen MR) is 108 cm³/mol. The summed E-state index contributed by atoms with van der Waals surface area (Å²) in [6.07, 6.45) is 0.741. The van der Waals surface area contributed by atoms with Crippen molar-refractivity contribution in [1.82, 2.24) is 9.62 Å². The highest BCUT2D eigenvalue weighted by molar-refractivity contribution is 7.89. The number of carbonyl (C=O) groups excluding carboxylic acids is 1. The van der Waals surface area contributed by atoms with Crippen LogP contribution in [0.1, 0.15) is 36.1 Å². The maximum absolute atomic E-state index is 12.5. The topological polar surface area (TPSA) is 78.5 Å². The molecule has 0 unspecified atom stereocenters. The van der Waals surface area contributed by atoms with Gasteiger partial charge in [0.15, 0.2) is 0 Å². The summed E-state index contributed by atoms with van der Waals surface area (Å²) in [6.45, 7) is 5.84. The van der Waals surface area contributed by atoms with E-state index in [1.807, 2.05) is 45.0 Å². The molecule has 0 aliphatic heterocycles.